The monoisotopic (exact) mass is 283 g/mol. The van der Waals surface area contributed by atoms with Gasteiger partial charge in [-0.15, -0.1) is 0 Å². The summed E-state index contributed by atoms with van der Waals surface area (Å²) < 4.78 is 5.49. The molecule has 4 nitrogen and oxygen atoms in total. The highest BCUT2D eigenvalue weighted by molar-refractivity contribution is 5.81. The van der Waals surface area contributed by atoms with Gasteiger partial charge in [0.1, 0.15) is 5.78 Å². The van der Waals surface area contributed by atoms with Gasteiger partial charge in [0.25, 0.3) is 0 Å². The maximum Gasteiger partial charge on any atom is 0.213 e. The fraction of sp³-hybridized carbons (Fsp3) is 0.750. The van der Waals surface area contributed by atoms with Crippen molar-refractivity contribution < 1.29 is 14.3 Å². The summed E-state index contributed by atoms with van der Waals surface area (Å²) in [5.41, 5.74) is 0. The Morgan fingerprint density at radius 2 is 1.85 bits per heavy atom. The molecule has 0 N–H and O–H groups in total. The lowest BCUT2D eigenvalue weighted by molar-refractivity contribution is -0.127. The highest BCUT2D eigenvalue weighted by atomic mass is 16.5. The van der Waals surface area contributed by atoms with Crippen molar-refractivity contribution in [1.29, 1.82) is 0 Å². The molecule has 0 radical (unpaired) electrons. The first-order valence-corrected chi connectivity index (χ1v) is 7.24. The second-order valence-electron chi connectivity index (χ2n) is 5.86. The predicted octanol–water partition coefficient (Wildman–Crippen LogP) is 2.88. The molecule has 0 aliphatic rings. The number of carbonyl (C=O) groups excluding carboxylic acids is 2. The molecule has 0 rings (SSSR count). The number of nitrogens with zero attached hydrogens (tertiary/aromatic N) is 1. The number of hydrogen-bond donors (Lipinski definition) is 0. The lowest BCUT2D eigenvalue weighted by Crippen LogP contribution is -2.32. The van der Waals surface area contributed by atoms with E-state index < -0.39 is 0 Å². The third kappa shape index (κ3) is 6.85. The minimum atomic E-state index is -0.161. The first-order chi connectivity index (χ1) is 9.33. The van der Waals surface area contributed by atoms with Crippen LogP contribution >= 0.6 is 0 Å². The van der Waals surface area contributed by atoms with Crippen LogP contribution in [0.15, 0.2) is 12.3 Å². The minimum absolute atomic E-state index is 0.0698. The van der Waals surface area contributed by atoms with Gasteiger partial charge in [0.2, 0.25) is 6.41 Å². The molecule has 1 amide bonds. The first kappa shape index (κ1) is 18.8. The van der Waals surface area contributed by atoms with E-state index in [2.05, 4.69) is 13.8 Å². The van der Waals surface area contributed by atoms with Gasteiger partial charge in [0, 0.05) is 38.6 Å². The number of Topliss-reactive ketones (excluding diaryl/α,β-unsaturated/α-hetero) is 1. The molecule has 0 aliphatic heterocycles. The molecule has 0 aromatic carbocycles. The van der Waals surface area contributed by atoms with Gasteiger partial charge in [0.15, 0.2) is 0 Å². The highest BCUT2D eigenvalue weighted by Crippen LogP contribution is 2.21. The summed E-state index contributed by atoms with van der Waals surface area (Å²) in [4.78, 5) is 24.2. The third-order valence-corrected chi connectivity index (χ3v) is 3.55. The molecule has 0 aromatic heterocycles. The van der Waals surface area contributed by atoms with E-state index in [-0.39, 0.29) is 23.7 Å². The highest BCUT2D eigenvalue weighted by Gasteiger charge is 2.27. The quantitative estimate of drug-likeness (QED) is 0.579. The Hall–Kier alpha value is -1.16. The molecule has 20 heavy (non-hydrogen) atoms. The zero-order chi connectivity index (χ0) is 15.7. The van der Waals surface area contributed by atoms with E-state index in [1.54, 1.807) is 20.4 Å². The SMILES string of the molecule is CO[C@H]([C@H](C)/C=C/N(C)C=O)[C@@H](C)C(=O)CCC(C)C. The lowest BCUT2D eigenvalue weighted by Gasteiger charge is -2.26. The van der Waals surface area contributed by atoms with Gasteiger partial charge in [-0.1, -0.05) is 33.8 Å². The molecule has 116 valence electrons. The second-order valence-corrected chi connectivity index (χ2v) is 5.86. The van der Waals surface area contributed by atoms with Gasteiger partial charge < -0.3 is 9.64 Å². The van der Waals surface area contributed by atoms with Gasteiger partial charge in [-0.3, -0.25) is 9.59 Å². The predicted molar refractivity (Wildman–Crippen MR) is 81.2 cm³/mol. The summed E-state index contributed by atoms with van der Waals surface area (Å²) in [7, 11) is 3.31. The Bertz CT molecular complexity index is 326. The van der Waals surface area contributed by atoms with Crippen LogP contribution in [0.3, 0.4) is 0 Å². The van der Waals surface area contributed by atoms with Crippen LogP contribution in [-0.4, -0.2) is 37.4 Å². The van der Waals surface area contributed by atoms with E-state index in [0.29, 0.717) is 12.3 Å². The Kier molecular flexibility index (Phi) is 9.14. The van der Waals surface area contributed by atoms with Gasteiger partial charge in [-0.05, 0) is 12.3 Å². The standard InChI is InChI=1S/C16H29NO3/c1-12(2)7-8-15(19)14(4)16(20-6)13(3)9-10-17(5)11-18/h9-14,16H,7-8H2,1-6H3/b10-9+/t13-,14+,16-/m1/s1. The maximum atomic E-state index is 12.2. The molecule has 0 aliphatic carbocycles. The zero-order valence-electron chi connectivity index (χ0n) is 13.6. The van der Waals surface area contributed by atoms with E-state index in [9.17, 15) is 9.59 Å². The average molecular weight is 283 g/mol. The average Bonchev–Trinajstić information content (AvgIpc) is 2.42. The van der Waals surface area contributed by atoms with Crippen LogP contribution in [0.4, 0.5) is 0 Å². The maximum absolute atomic E-state index is 12.2. The third-order valence-electron chi connectivity index (χ3n) is 3.55. The van der Waals surface area contributed by atoms with E-state index in [4.69, 9.17) is 4.74 Å². The number of methoxy groups -OCH3 is 1. The van der Waals surface area contributed by atoms with Crippen LogP contribution in [0, 0.1) is 17.8 Å². The Balaban J connectivity index is 4.59. The second kappa shape index (κ2) is 9.70. The summed E-state index contributed by atoms with van der Waals surface area (Å²) in [6.45, 7) is 8.15. The van der Waals surface area contributed by atoms with Gasteiger partial charge in [-0.25, -0.2) is 0 Å². The molecule has 3 atom stereocenters. The van der Waals surface area contributed by atoms with Crippen molar-refractivity contribution in [1.82, 2.24) is 4.90 Å². The Morgan fingerprint density at radius 1 is 1.25 bits per heavy atom. The molecule has 0 heterocycles. The number of carbonyl (C=O) groups is 2. The molecule has 0 saturated carbocycles. The topological polar surface area (TPSA) is 46.6 Å². The number of ether oxygens (including phenoxy) is 1. The van der Waals surface area contributed by atoms with E-state index in [0.717, 1.165) is 12.8 Å². The fourth-order valence-corrected chi connectivity index (χ4v) is 2.13. The molecular formula is C16H29NO3. The largest absolute Gasteiger partial charge is 0.380 e. The zero-order valence-corrected chi connectivity index (χ0v) is 13.6. The van der Waals surface area contributed by atoms with Crippen LogP contribution in [0.25, 0.3) is 0 Å². The van der Waals surface area contributed by atoms with Crippen molar-refractivity contribution in [2.75, 3.05) is 14.2 Å². The van der Waals surface area contributed by atoms with Crippen molar-refractivity contribution in [2.24, 2.45) is 17.8 Å². The normalized spacial score (nSPS) is 16.1. The van der Waals surface area contributed by atoms with Gasteiger partial charge in [0.05, 0.1) is 6.10 Å². The fourth-order valence-electron chi connectivity index (χ4n) is 2.13. The van der Waals surface area contributed by atoms with E-state index in [1.807, 2.05) is 19.9 Å². The molecule has 0 aromatic rings. The van der Waals surface area contributed by atoms with Gasteiger partial charge >= 0.3 is 0 Å². The number of amides is 1. The van der Waals surface area contributed by atoms with Crippen molar-refractivity contribution in [3.63, 3.8) is 0 Å². The first-order valence-electron chi connectivity index (χ1n) is 7.24. The van der Waals surface area contributed by atoms with Crippen molar-refractivity contribution in [3.05, 3.63) is 12.3 Å². The smallest absolute Gasteiger partial charge is 0.213 e. The summed E-state index contributed by atoms with van der Waals surface area (Å²) in [6.07, 6.45) is 5.69. The molecule has 0 bridgehead atoms. The van der Waals surface area contributed by atoms with Crippen LogP contribution in [0.2, 0.25) is 0 Å². The van der Waals surface area contributed by atoms with Crippen molar-refractivity contribution >= 4 is 12.2 Å². The van der Waals surface area contributed by atoms with Crippen LogP contribution in [-0.2, 0) is 14.3 Å². The van der Waals surface area contributed by atoms with E-state index >= 15 is 0 Å². The summed E-state index contributed by atoms with van der Waals surface area (Å²) in [5, 5.41) is 0. The lowest BCUT2D eigenvalue weighted by atomic mass is 9.87. The van der Waals surface area contributed by atoms with Crippen LogP contribution < -0.4 is 0 Å². The number of ketones is 1. The van der Waals surface area contributed by atoms with Crippen LogP contribution in [0.1, 0.15) is 40.5 Å². The molecular weight excluding hydrogens is 254 g/mol. The summed E-state index contributed by atoms with van der Waals surface area (Å²) >= 11 is 0. The minimum Gasteiger partial charge on any atom is -0.380 e. The van der Waals surface area contributed by atoms with Crippen molar-refractivity contribution in [3.8, 4) is 0 Å². The number of hydrogen-bond acceptors (Lipinski definition) is 3. The molecule has 0 spiro atoms. The molecule has 0 fully saturated rings. The van der Waals surface area contributed by atoms with Gasteiger partial charge in [-0.2, -0.15) is 0 Å². The number of rotatable bonds is 10. The Morgan fingerprint density at radius 3 is 2.30 bits per heavy atom. The molecule has 0 unspecified atom stereocenters. The molecule has 4 heteroatoms. The summed E-state index contributed by atoms with van der Waals surface area (Å²) in [5.74, 6) is 0.709. The Labute approximate surface area is 123 Å². The molecule has 0 saturated heterocycles. The van der Waals surface area contributed by atoms with Crippen LogP contribution in [0.5, 0.6) is 0 Å². The summed E-state index contributed by atoms with van der Waals surface area (Å²) in [6, 6.07) is 0. The van der Waals surface area contributed by atoms with E-state index in [1.165, 1.54) is 4.90 Å². The van der Waals surface area contributed by atoms with Crippen molar-refractivity contribution in [2.45, 2.75) is 46.6 Å².